The van der Waals surface area contributed by atoms with Crippen molar-refractivity contribution in [3.63, 3.8) is 0 Å². The largest absolute Gasteiger partial charge is 0.288 e. The number of nitro groups is 1. The summed E-state index contributed by atoms with van der Waals surface area (Å²) in [6.45, 7) is 1.96. The van der Waals surface area contributed by atoms with Crippen molar-refractivity contribution in [2.75, 3.05) is 0 Å². The number of rotatable bonds is 4. The first-order valence-corrected chi connectivity index (χ1v) is 7.53. The van der Waals surface area contributed by atoms with E-state index in [0.29, 0.717) is 0 Å². The van der Waals surface area contributed by atoms with Gasteiger partial charge in [-0.2, -0.15) is 0 Å². The molecule has 0 bridgehead atoms. The Kier molecular flexibility index (Phi) is 5.86. The highest BCUT2D eigenvalue weighted by molar-refractivity contribution is 6.32. The summed E-state index contributed by atoms with van der Waals surface area (Å²) in [6.07, 6.45) is 2.85. The van der Waals surface area contributed by atoms with Crippen LogP contribution in [0.4, 0.5) is 5.69 Å². The lowest BCUT2D eigenvalue weighted by Gasteiger charge is -2.05. The number of nitrogens with one attached hydrogen (secondary N) is 2. The van der Waals surface area contributed by atoms with Crippen LogP contribution in [-0.2, 0) is 4.79 Å². The molecule has 2 amide bonds. The summed E-state index contributed by atoms with van der Waals surface area (Å²) < 4.78 is 0. The van der Waals surface area contributed by atoms with Gasteiger partial charge in [-0.15, -0.1) is 0 Å². The minimum atomic E-state index is -0.697. The van der Waals surface area contributed by atoms with E-state index in [9.17, 15) is 19.7 Å². The summed E-state index contributed by atoms with van der Waals surface area (Å²) in [7, 11) is 0. The second kappa shape index (κ2) is 8.07. The number of hydrogen-bond acceptors (Lipinski definition) is 4. The highest BCUT2D eigenvalue weighted by atomic mass is 35.5. The van der Waals surface area contributed by atoms with Crippen molar-refractivity contribution in [1.82, 2.24) is 10.9 Å². The first-order chi connectivity index (χ1) is 11.9. The molecule has 8 heteroatoms. The van der Waals surface area contributed by atoms with E-state index in [0.717, 1.165) is 17.2 Å². The van der Waals surface area contributed by atoms with Crippen LogP contribution in [0.3, 0.4) is 0 Å². The first-order valence-electron chi connectivity index (χ1n) is 7.16. The molecule has 7 nitrogen and oxygen atoms in total. The van der Waals surface area contributed by atoms with Gasteiger partial charge in [0.15, 0.2) is 0 Å². The SMILES string of the molecule is Cc1ccc(C=CC(=O)NNC(=O)c2ccc(Cl)c([N+](=O)[O-])c2)cc1. The van der Waals surface area contributed by atoms with Crippen LogP contribution in [0.15, 0.2) is 48.5 Å². The average molecular weight is 360 g/mol. The maximum absolute atomic E-state index is 11.9. The molecule has 0 aliphatic heterocycles. The molecule has 0 spiro atoms. The Hall–Kier alpha value is -3.19. The highest BCUT2D eigenvalue weighted by Gasteiger charge is 2.16. The third-order valence-electron chi connectivity index (χ3n) is 3.21. The molecule has 0 fully saturated rings. The van der Waals surface area contributed by atoms with Gasteiger partial charge in [0.1, 0.15) is 5.02 Å². The molecule has 2 rings (SSSR count). The molecule has 0 unspecified atom stereocenters. The van der Waals surface area contributed by atoms with E-state index in [1.165, 1.54) is 18.2 Å². The number of amides is 2. The van der Waals surface area contributed by atoms with E-state index < -0.39 is 16.7 Å². The minimum absolute atomic E-state index is 0.00101. The normalized spacial score (nSPS) is 10.5. The predicted molar refractivity (Wildman–Crippen MR) is 93.9 cm³/mol. The molecular formula is C17H14ClN3O4. The zero-order valence-corrected chi connectivity index (χ0v) is 13.9. The van der Waals surface area contributed by atoms with Gasteiger partial charge in [-0.1, -0.05) is 41.4 Å². The zero-order chi connectivity index (χ0) is 18.4. The molecule has 0 saturated carbocycles. The van der Waals surface area contributed by atoms with Gasteiger partial charge >= 0.3 is 0 Å². The Bertz CT molecular complexity index is 847. The maximum Gasteiger partial charge on any atom is 0.288 e. The van der Waals surface area contributed by atoms with Gasteiger partial charge < -0.3 is 0 Å². The molecule has 0 aromatic heterocycles. The Balaban J connectivity index is 1.95. The summed E-state index contributed by atoms with van der Waals surface area (Å²) in [6, 6.07) is 11.1. The number of halogens is 1. The summed E-state index contributed by atoms with van der Waals surface area (Å²) in [4.78, 5) is 33.8. The molecule has 0 saturated heterocycles. The van der Waals surface area contributed by atoms with E-state index in [1.54, 1.807) is 6.08 Å². The molecule has 0 aliphatic rings. The molecule has 2 N–H and O–H groups in total. The third-order valence-corrected chi connectivity index (χ3v) is 3.53. The van der Waals surface area contributed by atoms with Crippen LogP contribution >= 0.6 is 11.6 Å². The zero-order valence-electron chi connectivity index (χ0n) is 13.2. The predicted octanol–water partition coefficient (Wildman–Crippen LogP) is 3.03. The Labute approximate surface area is 148 Å². The number of benzene rings is 2. The number of hydrazine groups is 1. The Morgan fingerprint density at radius 1 is 1.12 bits per heavy atom. The van der Waals surface area contributed by atoms with Gasteiger partial charge in [0.05, 0.1) is 4.92 Å². The van der Waals surface area contributed by atoms with Crippen LogP contribution in [-0.4, -0.2) is 16.7 Å². The fraction of sp³-hybridized carbons (Fsp3) is 0.0588. The fourth-order valence-corrected chi connectivity index (χ4v) is 2.06. The summed E-state index contributed by atoms with van der Waals surface area (Å²) in [5.74, 6) is -1.24. The van der Waals surface area contributed by atoms with E-state index in [-0.39, 0.29) is 16.3 Å². The van der Waals surface area contributed by atoms with Gasteiger partial charge in [0.2, 0.25) is 0 Å². The quantitative estimate of drug-likeness (QED) is 0.497. The average Bonchev–Trinajstić information content (AvgIpc) is 2.59. The number of nitrogens with zero attached hydrogens (tertiary/aromatic N) is 1. The van der Waals surface area contributed by atoms with Gasteiger partial charge in [0.25, 0.3) is 17.5 Å². The molecule has 0 heterocycles. The van der Waals surface area contributed by atoms with Crippen LogP contribution in [0.25, 0.3) is 6.08 Å². The minimum Gasteiger partial charge on any atom is -0.268 e. The van der Waals surface area contributed by atoms with Crippen molar-refractivity contribution in [2.45, 2.75) is 6.92 Å². The summed E-state index contributed by atoms with van der Waals surface area (Å²) >= 11 is 5.68. The summed E-state index contributed by atoms with van der Waals surface area (Å²) in [5, 5.41) is 10.7. The first kappa shape index (κ1) is 18.2. The number of nitro benzene ring substituents is 1. The molecule has 0 atom stereocenters. The number of hydrogen-bond donors (Lipinski definition) is 2. The Morgan fingerprint density at radius 3 is 2.44 bits per heavy atom. The topological polar surface area (TPSA) is 101 Å². The van der Waals surface area contributed by atoms with E-state index in [2.05, 4.69) is 10.9 Å². The van der Waals surface area contributed by atoms with E-state index in [1.807, 2.05) is 31.2 Å². The lowest BCUT2D eigenvalue weighted by molar-refractivity contribution is -0.384. The van der Waals surface area contributed by atoms with Crippen LogP contribution in [0.2, 0.25) is 5.02 Å². The van der Waals surface area contributed by atoms with Crippen molar-refractivity contribution >= 4 is 35.2 Å². The lowest BCUT2D eigenvalue weighted by Crippen LogP contribution is -2.40. The van der Waals surface area contributed by atoms with Crippen LogP contribution in [0, 0.1) is 17.0 Å². The number of carbonyl (C=O) groups excluding carboxylic acids is 2. The van der Waals surface area contributed by atoms with Crippen molar-refractivity contribution in [3.05, 3.63) is 80.4 Å². The van der Waals surface area contributed by atoms with E-state index in [4.69, 9.17) is 11.6 Å². The van der Waals surface area contributed by atoms with E-state index >= 15 is 0 Å². The molecule has 0 radical (unpaired) electrons. The van der Waals surface area contributed by atoms with Gasteiger partial charge in [-0.05, 0) is 30.7 Å². The van der Waals surface area contributed by atoms with Crippen LogP contribution in [0.1, 0.15) is 21.5 Å². The van der Waals surface area contributed by atoms with Gasteiger partial charge in [-0.25, -0.2) is 0 Å². The molecule has 2 aromatic carbocycles. The molecule has 25 heavy (non-hydrogen) atoms. The van der Waals surface area contributed by atoms with Crippen molar-refractivity contribution in [2.24, 2.45) is 0 Å². The van der Waals surface area contributed by atoms with Crippen LogP contribution < -0.4 is 10.9 Å². The van der Waals surface area contributed by atoms with Gasteiger partial charge in [-0.3, -0.25) is 30.6 Å². The number of aryl methyl sites for hydroxylation is 1. The Morgan fingerprint density at radius 2 is 1.80 bits per heavy atom. The van der Waals surface area contributed by atoms with Crippen molar-refractivity contribution < 1.29 is 14.5 Å². The standard InChI is InChI=1S/C17H14ClN3O4/c1-11-2-4-12(5-3-11)6-9-16(22)19-20-17(23)13-7-8-14(18)15(10-13)21(24)25/h2-10H,1H3,(H,19,22)(H,20,23). The molecule has 0 aliphatic carbocycles. The summed E-state index contributed by atoms with van der Waals surface area (Å²) in [5.41, 5.74) is 5.92. The molecule has 2 aromatic rings. The maximum atomic E-state index is 11.9. The lowest BCUT2D eigenvalue weighted by atomic mass is 10.1. The molecular weight excluding hydrogens is 346 g/mol. The number of carbonyl (C=O) groups is 2. The highest BCUT2D eigenvalue weighted by Crippen LogP contribution is 2.24. The monoisotopic (exact) mass is 359 g/mol. The van der Waals surface area contributed by atoms with Crippen LogP contribution in [0.5, 0.6) is 0 Å². The second-order valence-corrected chi connectivity index (χ2v) is 5.52. The van der Waals surface area contributed by atoms with Gasteiger partial charge in [0, 0.05) is 17.7 Å². The fourth-order valence-electron chi connectivity index (χ4n) is 1.88. The second-order valence-electron chi connectivity index (χ2n) is 5.11. The van der Waals surface area contributed by atoms with Crippen molar-refractivity contribution in [1.29, 1.82) is 0 Å². The smallest absolute Gasteiger partial charge is 0.268 e. The molecule has 128 valence electrons. The third kappa shape index (κ3) is 5.15. The van der Waals surface area contributed by atoms with Crippen molar-refractivity contribution in [3.8, 4) is 0 Å².